The van der Waals surface area contributed by atoms with E-state index >= 15 is 0 Å². The summed E-state index contributed by atoms with van der Waals surface area (Å²) >= 11 is 0. The third-order valence-electron chi connectivity index (χ3n) is 4.04. The number of phenols is 1. The summed E-state index contributed by atoms with van der Waals surface area (Å²) in [4.78, 5) is 18.1. The highest BCUT2D eigenvalue weighted by Gasteiger charge is 2.25. The zero-order chi connectivity index (χ0) is 19.6. The van der Waals surface area contributed by atoms with Gasteiger partial charge in [0.05, 0.1) is 44.0 Å². The van der Waals surface area contributed by atoms with Crippen LogP contribution in [-0.2, 0) is 0 Å². The van der Waals surface area contributed by atoms with E-state index in [0.717, 1.165) is 0 Å². The molecule has 0 unspecified atom stereocenters. The van der Waals surface area contributed by atoms with Crippen LogP contribution in [0.4, 0.5) is 5.69 Å². The SMILES string of the molecule is COc1ccc(-c2[nH]cnc2-c2cc(OC)c([N+](=O)[O-])c(OC)c2)cc1O. The second-order valence-corrected chi connectivity index (χ2v) is 5.50. The average molecular weight is 371 g/mol. The van der Waals surface area contributed by atoms with Gasteiger partial charge in [0.2, 0.25) is 11.5 Å². The highest BCUT2D eigenvalue weighted by molar-refractivity contribution is 5.82. The van der Waals surface area contributed by atoms with Crippen molar-refractivity contribution in [2.24, 2.45) is 0 Å². The van der Waals surface area contributed by atoms with E-state index in [1.54, 1.807) is 12.1 Å². The number of ether oxygens (including phenoxy) is 3. The molecule has 3 aromatic rings. The van der Waals surface area contributed by atoms with Gasteiger partial charge in [-0.2, -0.15) is 0 Å². The van der Waals surface area contributed by atoms with E-state index in [4.69, 9.17) is 14.2 Å². The minimum atomic E-state index is -0.561. The summed E-state index contributed by atoms with van der Waals surface area (Å²) in [6.45, 7) is 0. The fraction of sp³-hybridized carbons (Fsp3) is 0.167. The number of nitrogens with zero attached hydrogens (tertiary/aromatic N) is 2. The maximum Gasteiger partial charge on any atom is 0.352 e. The zero-order valence-electron chi connectivity index (χ0n) is 14.8. The molecule has 27 heavy (non-hydrogen) atoms. The van der Waals surface area contributed by atoms with Crippen LogP contribution in [0.5, 0.6) is 23.0 Å². The molecule has 0 aliphatic carbocycles. The van der Waals surface area contributed by atoms with Crippen molar-refractivity contribution in [3.63, 3.8) is 0 Å². The van der Waals surface area contributed by atoms with Gasteiger partial charge < -0.3 is 24.3 Å². The first-order chi connectivity index (χ1) is 13.0. The van der Waals surface area contributed by atoms with Gasteiger partial charge in [-0.25, -0.2) is 4.98 Å². The summed E-state index contributed by atoms with van der Waals surface area (Å²) in [5, 5.41) is 21.4. The summed E-state index contributed by atoms with van der Waals surface area (Å²) in [7, 11) is 4.16. The molecule has 0 aliphatic heterocycles. The molecule has 0 amide bonds. The summed E-state index contributed by atoms with van der Waals surface area (Å²) in [5.41, 5.74) is 2.10. The van der Waals surface area contributed by atoms with E-state index in [2.05, 4.69) is 9.97 Å². The number of methoxy groups -OCH3 is 3. The second-order valence-electron chi connectivity index (χ2n) is 5.50. The van der Waals surface area contributed by atoms with Crippen LogP contribution >= 0.6 is 0 Å². The lowest BCUT2D eigenvalue weighted by molar-refractivity contribution is -0.386. The molecule has 3 rings (SSSR count). The first-order valence-electron chi connectivity index (χ1n) is 7.81. The Morgan fingerprint density at radius 3 is 2.15 bits per heavy atom. The summed E-state index contributed by atoms with van der Waals surface area (Å²) in [6, 6.07) is 7.96. The predicted molar refractivity (Wildman–Crippen MR) is 97.4 cm³/mol. The number of rotatable bonds is 6. The van der Waals surface area contributed by atoms with E-state index in [9.17, 15) is 15.2 Å². The van der Waals surface area contributed by atoms with Crippen LogP contribution < -0.4 is 14.2 Å². The molecule has 9 heteroatoms. The van der Waals surface area contributed by atoms with Gasteiger partial charge in [0.15, 0.2) is 11.5 Å². The van der Waals surface area contributed by atoms with Crippen molar-refractivity contribution in [1.82, 2.24) is 9.97 Å². The molecule has 0 saturated heterocycles. The van der Waals surface area contributed by atoms with E-state index in [0.29, 0.717) is 28.3 Å². The van der Waals surface area contributed by atoms with Crippen molar-refractivity contribution >= 4 is 5.69 Å². The molecular weight excluding hydrogens is 354 g/mol. The molecule has 0 atom stereocenters. The number of H-pyrrole nitrogens is 1. The van der Waals surface area contributed by atoms with Gasteiger partial charge in [-0.3, -0.25) is 10.1 Å². The first kappa shape index (κ1) is 18.1. The lowest BCUT2D eigenvalue weighted by atomic mass is 10.0. The topological polar surface area (TPSA) is 120 Å². The lowest BCUT2D eigenvalue weighted by Crippen LogP contribution is -1.98. The largest absolute Gasteiger partial charge is 0.504 e. The first-order valence-corrected chi connectivity index (χ1v) is 7.81. The number of hydrogen-bond acceptors (Lipinski definition) is 7. The number of nitrogens with one attached hydrogen (secondary N) is 1. The minimum absolute atomic E-state index is 0.0191. The molecule has 0 radical (unpaired) electrons. The van der Waals surface area contributed by atoms with Gasteiger partial charge in [-0.15, -0.1) is 0 Å². The monoisotopic (exact) mass is 371 g/mol. The van der Waals surface area contributed by atoms with E-state index in [-0.39, 0.29) is 22.9 Å². The Kier molecular flexibility index (Phi) is 4.84. The summed E-state index contributed by atoms with van der Waals surface area (Å²) < 4.78 is 15.4. The molecule has 9 nitrogen and oxygen atoms in total. The molecule has 1 aromatic heterocycles. The van der Waals surface area contributed by atoms with Crippen LogP contribution in [0.2, 0.25) is 0 Å². The Bertz CT molecular complexity index is 974. The average Bonchev–Trinajstić information content (AvgIpc) is 3.16. The molecule has 2 aromatic carbocycles. The fourth-order valence-electron chi connectivity index (χ4n) is 2.79. The van der Waals surface area contributed by atoms with Gasteiger partial charge in [-0.05, 0) is 30.3 Å². The van der Waals surface area contributed by atoms with Crippen LogP contribution in [0.1, 0.15) is 0 Å². The maximum absolute atomic E-state index is 11.3. The Morgan fingerprint density at radius 1 is 1.00 bits per heavy atom. The lowest BCUT2D eigenvalue weighted by Gasteiger charge is -2.10. The van der Waals surface area contributed by atoms with Gasteiger partial charge in [0.1, 0.15) is 0 Å². The Morgan fingerprint density at radius 2 is 1.63 bits per heavy atom. The minimum Gasteiger partial charge on any atom is -0.504 e. The molecular formula is C18H17N3O6. The normalized spacial score (nSPS) is 10.5. The molecule has 140 valence electrons. The van der Waals surface area contributed by atoms with Crippen LogP contribution in [-0.4, -0.2) is 41.3 Å². The molecule has 0 spiro atoms. The number of imidazole rings is 1. The van der Waals surface area contributed by atoms with Crippen molar-refractivity contribution in [2.45, 2.75) is 0 Å². The van der Waals surface area contributed by atoms with Crippen molar-refractivity contribution in [2.75, 3.05) is 21.3 Å². The number of nitro benzene ring substituents is 1. The van der Waals surface area contributed by atoms with Gasteiger partial charge >= 0.3 is 5.69 Å². The second kappa shape index (κ2) is 7.24. The Labute approximate surface area is 154 Å². The van der Waals surface area contributed by atoms with Crippen LogP contribution in [0.25, 0.3) is 22.5 Å². The molecule has 2 N–H and O–H groups in total. The number of nitro groups is 1. The van der Waals surface area contributed by atoms with E-state index in [1.807, 2.05) is 0 Å². The molecule has 1 heterocycles. The number of hydrogen-bond donors (Lipinski definition) is 2. The van der Waals surface area contributed by atoms with Crippen molar-refractivity contribution in [1.29, 1.82) is 0 Å². The molecule has 0 aliphatic rings. The molecule has 0 saturated carbocycles. The number of phenolic OH excluding ortho intramolecular Hbond substituents is 1. The quantitative estimate of drug-likeness (QED) is 0.503. The van der Waals surface area contributed by atoms with Crippen LogP contribution in [0.15, 0.2) is 36.7 Å². The highest BCUT2D eigenvalue weighted by Crippen LogP contribution is 2.42. The predicted octanol–water partition coefficient (Wildman–Crippen LogP) is 3.38. The third-order valence-corrected chi connectivity index (χ3v) is 4.04. The number of aromatic hydroxyl groups is 1. The molecule has 0 bridgehead atoms. The van der Waals surface area contributed by atoms with Gasteiger partial charge in [-0.1, -0.05) is 0 Å². The van der Waals surface area contributed by atoms with Crippen molar-refractivity contribution in [3.05, 3.63) is 46.8 Å². The van der Waals surface area contributed by atoms with Crippen LogP contribution in [0.3, 0.4) is 0 Å². The van der Waals surface area contributed by atoms with Gasteiger partial charge in [0, 0.05) is 11.1 Å². The van der Waals surface area contributed by atoms with Crippen molar-refractivity contribution < 1.29 is 24.2 Å². The fourth-order valence-corrected chi connectivity index (χ4v) is 2.79. The highest BCUT2D eigenvalue weighted by atomic mass is 16.6. The Hall–Kier alpha value is -3.75. The standard InChI is InChI=1S/C18H17N3O6/c1-25-13-5-4-10(6-12(13)22)16-17(20-9-19-16)11-7-14(26-2)18(21(23)24)15(8-11)27-3/h4-9,22H,1-3H3,(H,19,20). The number of benzene rings is 2. The summed E-state index contributed by atoms with van der Waals surface area (Å²) in [5.74, 6) is 0.439. The summed E-state index contributed by atoms with van der Waals surface area (Å²) in [6.07, 6.45) is 1.49. The smallest absolute Gasteiger partial charge is 0.352 e. The maximum atomic E-state index is 11.3. The molecule has 0 fully saturated rings. The van der Waals surface area contributed by atoms with Gasteiger partial charge in [0.25, 0.3) is 0 Å². The zero-order valence-corrected chi connectivity index (χ0v) is 14.8. The number of aromatic amines is 1. The Balaban J connectivity index is 2.16. The van der Waals surface area contributed by atoms with E-state index in [1.165, 1.54) is 45.9 Å². The van der Waals surface area contributed by atoms with E-state index < -0.39 is 4.92 Å². The third kappa shape index (κ3) is 3.22. The van der Waals surface area contributed by atoms with Crippen LogP contribution in [0, 0.1) is 10.1 Å². The number of aromatic nitrogens is 2. The van der Waals surface area contributed by atoms with Crippen molar-refractivity contribution in [3.8, 4) is 45.5 Å².